The van der Waals surface area contributed by atoms with Gasteiger partial charge in [-0.3, -0.25) is 37.3 Å². The average Bonchev–Trinajstić information content (AvgIpc) is 0.975. The van der Waals surface area contributed by atoms with E-state index in [4.69, 9.17) is 37.0 Å². The first-order chi connectivity index (χ1) is 47.1. The van der Waals surface area contributed by atoms with E-state index in [0.717, 1.165) is 114 Å². The standard InChI is InChI=1S/C79H154O17P2/c1-69(2)55-47-39-31-24-18-12-10-9-11-13-22-28-36-45-53-61-78(83)96-75(66-90-77(82)60-52-44-38-30-34-42-50-58-72(7)8)68-94-98(87,88)92-64-73(80)63-91-97(85,86)93-67-74(95-79(84)62-54-46-37-29-23-17-15-20-26-33-41-49-57-71(5)6)65-89-76(81)59-51-43-35-27-21-16-14-19-25-32-40-48-56-70(3)4/h69-75,80H,9-68H2,1-8H3,(H,85,86)(H,87,88)/t73?,74-,75-/m1/s1. The van der Waals surface area contributed by atoms with E-state index in [-0.39, 0.29) is 25.7 Å². The van der Waals surface area contributed by atoms with Gasteiger partial charge in [0.15, 0.2) is 12.2 Å². The first-order valence-electron chi connectivity index (χ1n) is 40.7. The second-order valence-electron chi connectivity index (χ2n) is 30.4. The third-order valence-corrected chi connectivity index (χ3v) is 20.2. The van der Waals surface area contributed by atoms with Crippen molar-refractivity contribution in [3.63, 3.8) is 0 Å². The molecule has 0 amide bonds. The number of aliphatic hydroxyl groups is 1. The van der Waals surface area contributed by atoms with Crippen LogP contribution in [0.5, 0.6) is 0 Å². The van der Waals surface area contributed by atoms with Crippen molar-refractivity contribution in [3.8, 4) is 0 Å². The van der Waals surface area contributed by atoms with Gasteiger partial charge >= 0.3 is 39.5 Å². The fourth-order valence-electron chi connectivity index (χ4n) is 12.1. The zero-order chi connectivity index (χ0) is 72.4. The predicted molar refractivity (Wildman–Crippen MR) is 400 cm³/mol. The zero-order valence-corrected chi connectivity index (χ0v) is 66.2. The van der Waals surface area contributed by atoms with Crippen LogP contribution in [0.3, 0.4) is 0 Å². The number of esters is 4. The minimum Gasteiger partial charge on any atom is -0.462 e. The summed E-state index contributed by atoms with van der Waals surface area (Å²) in [4.78, 5) is 72.9. The van der Waals surface area contributed by atoms with Crippen LogP contribution in [0.2, 0.25) is 0 Å². The number of hydrogen-bond acceptors (Lipinski definition) is 15. The van der Waals surface area contributed by atoms with Crippen molar-refractivity contribution in [2.24, 2.45) is 23.7 Å². The Kier molecular flexibility index (Phi) is 66.8. The maximum absolute atomic E-state index is 13.1. The molecule has 0 heterocycles. The van der Waals surface area contributed by atoms with Gasteiger partial charge in [-0.1, -0.05) is 351 Å². The summed E-state index contributed by atoms with van der Waals surface area (Å²) in [5.74, 6) is 0.949. The van der Waals surface area contributed by atoms with Crippen molar-refractivity contribution in [2.75, 3.05) is 39.6 Å². The van der Waals surface area contributed by atoms with Gasteiger partial charge in [-0.25, -0.2) is 9.13 Å². The average molecular weight is 1440 g/mol. The van der Waals surface area contributed by atoms with Crippen molar-refractivity contribution in [3.05, 3.63) is 0 Å². The number of phosphoric acid groups is 2. The minimum absolute atomic E-state index is 0.106. The third-order valence-electron chi connectivity index (χ3n) is 18.3. The fourth-order valence-corrected chi connectivity index (χ4v) is 13.7. The molecular formula is C79H154O17P2. The lowest BCUT2D eigenvalue weighted by Crippen LogP contribution is -2.30. The highest BCUT2D eigenvalue weighted by atomic mass is 31.2. The molecule has 17 nitrogen and oxygen atoms in total. The van der Waals surface area contributed by atoms with E-state index in [1.807, 2.05) is 0 Å². The van der Waals surface area contributed by atoms with E-state index >= 15 is 0 Å². The lowest BCUT2D eigenvalue weighted by molar-refractivity contribution is -0.161. The van der Waals surface area contributed by atoms with Crippen molar-refractivity contribution in [1.29, 1.82) is 0 Å². The molecule has 0 fully saturated rings. The number of rotatable bonds is 76. The number of unbranched alkanes of at least 4 members (excludes halogenated alkanes) is 42. The summed E-state index contributed by atoms with van der Waals surface area (Å²) in [5.41, 5.74) is 0. The van der Waals surface area contributed by atoms with Gasteiger partial charge in [0, 0.05) is 25.7 Å². The third kappa shape index (κ3) is 72.4. The van der Waals surface area contributed by atoms with E-state index in [0.29, 0.717) is 31.6 Å². The molecule has 582 valence electrons. The number of carbonyl (C=O) groups is 4. The minimum atomic E-state index is -4.96. The largest absolute Gasteiger partial charge is 0.472 e. The molecule has 98 heavy (non-hydrogen) atoms. The number of phosphoric ester groups is 2. The van der Waals surface area contributed by atoms with Crippen LogP contribution in [0, 0.1) is 23.7 Å². The maximum Gasteiger partial charge on any atom is 0.472 e. The van der Waals surface area contributed by atoms with E-state index in [1.54, 1.807) is 0 Å². The molecule has 5 atom stereocenters. The van der Waals surface area contributed by atoms with Crippen LogP contribution < -0.4 is 0 Å². The number of ether oxygens (including phenoxy) is 4. The number of aliphatic hydroxyl groups excluding tert-OH is 1. The molecule has 0 bridgehead atoms. The van der Waals surface area contributed by atoms with Crippen LogP contribution in [-0.4, -0.2) is 96.7 Å². The molecule has 0 aromatic heterocycles. The molecule has 19 heteroatoms. The molecule has 0 radical (unpaired) electrons. The highest BCUT2D eigenvalue weighted by Crippen LogP contribution is 2.45. The van der Waals surface area contributed by atoms with Crippen LogP contribution >= 0.6 is 15.6 Å². The van der Waals surface area contributed by atoms with Gasteiger partial charge < -0.3 is 33.8 Å². The van der Waals surface area contributed by atoms with Gasteiger partial charge in [0.05, 0.1) is 26.4 Å². The van der Waals surface area contributed by atoms with E-state index in [2.05, 4.69) is 55.4 Å². The van der Waals surface area contributed by atoms with Crippen molar-refractivity contribution >= 4 is 39.5 Å². The van der Waals surface area contributed by atoms with Gasteiger partial charge in [0.25, 0.3) is 0 Å². The molecule has 0 aliphatic heterocycles. The first-order valence-corrected chi connectivity index (χ1v) is 43.7. The Labute approximate surface area is 600 Å². The Morgan fingerprint density at radius 3 is 0.633 bits per heavy atom. The molecule has 3 unspecified atom stereocenters. The Hall–Kier alpha value is -1.94. The summed E-state index contributed by atoms with van der Waals surface area (Å²) in [6.07, 6.45) is 54.1. The quantitative estimate of drug-likeness (QED) is 0.0222. The Balaban J connectivity index is 5.24. The predicted octanol–water partition coefficient (Wildman–Crippen LogP) is 23.2. The Bertz CT molecular complexity index is 1920. The van der Waals surface area contributed by atoms with Crippen LogP contribution in [-0.2, 0) is 65.4 Å². The zero-order valence-electron chi connectivity index (χ0n) is 64.4. The Morgan fingerprint density at radius 2 is 0.429 bits per heavy atom. The highest BCUT2D eigenvalue weighted by Gasteiger charge is 2.30. The van der Waals surface area contributed by atoms with Gasteiger partial charge in [0.2, 0.25) is 0 Å². The summed E-state index contributed by atoms with van der Waals surface area (Å²) < 4.78 is 68.6. The van der Waals surface area contributed by atoms with Gasteiger partial charge in [0.1, 0.15) is 19.3 Å². The summed E-state index contributed by atoms with van der Waals surface area (Å²) in [5, 5.41) is 10.6. The molecule has 0 saturated heterocycles. The van der Waals surface area contributed by atoms with Crippen LogP contribution in [0.1, 0.15) is 402 Å². The monoisotopic (exact) mass is 1440 g/mol. The van der Waals surface area contributed by atoms with E-state index < -0.39 is 97.5 Å². The number of carbonyl (C=O) groups excluding carboxylic acids is 4. The smallest absolute Gasteiger partial charge is 0.462 e. The highest BCUT2D eigenvalue weighted by molar-refractivity contribution is 7.47. The molecule has 0 spiro atoms. The molecule has 0 aliphatic carbocycles. The molecule has 0 saturated carbocycles. The van der Waals surface area contributed by atoms with Crippen molar-refractivity contribution in [2.45, 2.75) is 420 Å². The van der Waals surface area contributed by atoms with Crippen molar-refractivity contribution < 1.29 is 80.2 Å². The SMILES string of the molecule is CC(C)CCCCCCCCCCCCCCCCCC(=O)O[C@H](COC(=O)CCCCCCCCCC(C)C)COP(=O)(O)OCC(O)COP(=O)(O)OC[C@@H](COC(=O)CCCCCCCCCCCCCCC(C)C)OC(=O)CCCCCCCCCCCCCCC(C)C. The van der Waals surface area contributed by atoms with Gasteiger partial charge in [-0.2, -0.15) is 0 Å². The molecule has 0 rings (SSSR count). The second-order valence-corrected chi connectivity index (χ2v) is 33.3. The van der Waals surface area contributed by atoms with E-state index in [1.165, 1.54) is 199 Å². The molecule has 0 aromatic carbocycles. The molecular weight excluding hydrogens is 1280 g/mol. The Morgan fingerprint density at radius 1 is 0.255 bits per heavy atom. The van der Waals surface area contributed by atoms with Crippen LogP contribution in [0.25, 0.3) is 0 Å². The van der Waals surface area contributed by atoms with Crippen LogP contribution in [0.4, 0.5) is 0 Å². The second kappa shape index (κ2) is 68.2. The molecule has 3 N–H and O–H groups in total. The summed E-state index contributed by atoms with van der Waals surface area (Å²) >= 11 is 0. The van der Waals surface area contributed by atoms with Gasteiger partial charge in [-0.15, -0.1) is 0 Å². The van der Waals surface area contributed by atoms with E-state index in [9.17, 15) is 43.2 Å². The normalized spacial score (nSPS) is 14.1. The molecule has 0 aliphatic rings. The summed E-state index contributed by atoms with van der Waals surface area (Å²) in [7, 11) is -9.92. The van der Waals surface area contributed by atoms with Gasteiger partial charge in [-0.05, 0) is 49.4 Å². The summed E-state index contributed by atoms with van der Waals surface area (Å²) in [6, 6.07) is 0. The topological polar surface area (TPSA) is 237 Å². The lowest BCUT2D eigenvalue weighted by atomic mass is 10.0. The fraction of sp³-hybridized carbons (Fsp3) is 0.949. The van der Waals surface area contributed by atoms with Crippen LogP contribution in [0.15, 0.2) is 0 Å². The molecule has 0 aromatic rings. The first kappa shape index (κ1) is 96.1. The lowest BCUT2D eigenvalue weighted by Gasteiger charge is -2.21. The van der Waals surface area contributed by atoms with Crippen molar-refractivity contribution in [1.82, 2.24) is 0 Å². The number of hydrogen-bond donors (Lipinski definition) is 3. The summed E-state index contributed by atoms with van der Waals surface area (Å²) in [6.45, 7) is 14.2. The maximum atomic E-state index is 13.1.